The van der Waals surface area contributed by atoms with Crippen LogP contribution in [-0.2, 0) is 0 Å². The van der Waals surface area contributed by atoms with Crippen LogP contribution in [0.25, 0.3) is 0 Å². The van der Waals surface area contributed by atoms with Crippen LogP contribution in [-0.4, -0.2) is 22.4 Å². The first-order chi connectivity index (χ1) is 5.86. The SMILES string of the molecule is CC(C)[C@@H]1N(C(N)=S)N=CC1(C)C. The summed E-state index contributed by atoms with van der Waals surface area (Å²) in [5, 5.41) is 6.34. The predicted octanol–water partition coefficient (Wildman–Crippen LogP) is 1.58. The summed E-state index contributed by atoms with van der Waals surface area (Å²) in [6.45, 7) is 8.62. The molecule has 0 spiro atoms. The molecule has 3 nitrogen and oxygen atoms in total. The second-order valence-electron chi connectivity index (χ2n) is 4.44. The molecule has 0 saturated heterocycles. The molecule has 0 amide bonds. The van der Waals surface area contributed by atoms with E-state index in [1.54, 1.807) is 5.01 Å². The molecular formula is C9H17N3S. The van der Waals surface area contributed by atoms with Gasteiger partial charge >= 0.3 is 0 Å². The molecule has 0 aromatic heterocycles. The Morgan fingerprint density at radius 3 is 2.46 bits per heavy atom. The molecule has 4 heteroatoms. The highest BCUT2D eigenvalue weighted by Crippen LogP contribution is 2.33. The number of thiocarbonyl (C=S) groups is 1. The smallest absolute Gasteiger partial charge is 0.187 e. The minimum Gasteiger partial charge on any atom is -0.375 e. The van der Waals surface area contributed by atoms with Crippen LogP contribution in [0.5, 0.6) is 0 Å². The van der Waals surface area contributed by atoms with Crippen molar-refractivity contribution in [2.45, 2.75) is 33.7 Å². The lowest BCUT2D eigenvalue weighted by molar-refractivity contribution is 0.195. The molecule has 13 heavy (non-hydrogen) atoms. The minimum atomic E-state index is 0.0532. The highest BCUT2D eigenvalue weighted by Gasteiger charge is 2.40. The van der Waals surface area contributed by atoms with E-state index >= 15 is 0 Å². The lowest BCUT2D eigenvalue weighted by Crippen LogP contribution is -2.46. The summed E-state index contributed by atoms with van der Waals surface area (Å²) in [6, 6.07) is 0.282. The third-order valence-corrected chi connectivity index (χ3v) is 2.58. The Kier molecular flexibility index (Phi) is 2.61. The van der Waals surface area contributed by atoms with Gasteiger partial charge in [0.1, 0.15) is 0 Å². The first-order valence-electron chi connectivity index (χ1n) is 4.50. The molecule has 1 atom stereocenters. The van der Waals surface area contributed by atoms with Gasteiger partial charge in [-0.05, 0) is 18.1 Å². The highest BCUT2D eigenvalue weighted by molar-refractivity contribution is 7.80. The first-order valence-corrected chi connectivity index (χ1v) is 4.91. The Labute approximate surface area is 85.0 Å². The van der Waals surface area contributed by atoms with Gasteiger partial charge in [-0.25, -0.2) is 5.01 Å². The molecule has 0 fully saturated rings. The second kappa shape index (κ2) is 3.25. The summed E-state index contributed by atoms with van der Waals surface area (Å²) >= 11 is 4.94. The fraction of sp³-hybridized carbons (Fsp3) is 0.778. The maximum Gasteiger partial charge on any atom is 0.187 e. The van der Waals surface area contributed by atoms with Gasteiger partial charge in [-0.3, -0.25) is 0 Å². The molecule has 2 N–H and O–H groups in total. The predicted molar refractivity (Wildman–Crippen MR) is 59.5 cm³/mol. The van der Waals surface area contributed by atoms with E-state index in [1.807, 2.05) is 6.21 Å². The quantitative estimate of drug-likeness (QED) is 0.652. The maximum absolute atomic E-state index is 5.59. The lowest BCUT2D eigenvalue weighted by atomic mass is 9.80. The third-order valence-electron chi connectivity index (χ3n) is 2.40. The number of rotatable bonds is 1. The van der Waals surface area contributed by atoms with Crippen LogP contribution in [0.1, 0.15) is 27.7 Å². The molecule has 0 saturated carbocycles. The number of nitrogens with zero attached hydrogens (tertiary/aromatic N) is 2. The largest absolute Gasteiger partial charge is 0.375 e. The zero-order valence-corrected chi connectivity index (χ0v) is 9.43. The van der Waals surface area contributed by atoms with Crippen molar-refractivity contribution in [1.29, 1.82) is 0 Å². The Morgan fingerprint density at radius 1 is 1.62 bits per heavy atom. The standard InChI is InChI=1S/C9H17N3S/c1-6(2)7-9(3,4)5-11-12(7)8(10)13/h5-7H,1-4H3,(H2,10,13)/t7-/m0/s1. The van der Waals surface area contributed by atoms with E-state index in [4.69, 9.17) is 18.0 Å². The summed E-state index contributed by atoms with van der Waals surface area (Å²) in [4.78, 5) is 0. The zero-order chi connectivity index (χ0) is 10.2. The molecule has 1 aliphatic rings. The van der Waals surface area contributed by atoms with Gasteiger partial charge in [0, 0.05) is 11.6 Å². The van der Waals surface area contributed by atoms with Crippen LogP contribution in [0.3, 0.4) is 0 Å². The normalized spacial score (nSPS) is 25.6. The number of hydrogen-bond donors (Lipinski definition) is 1. The molecule has 1 aliphatic heterocycles. The highest BCUT2D eigenvalue weighted by atomic mass is 32.1. The molecule has 0 radical (unpaired) electrons. The molecule has 0 bridgehead atoms. The van der Waals surface area contributed by atoms with Crippen LogP contribution < -0.4 is 5.73 Å². The van der Waals surface area contributed by atoms with Crippen molar-refractivity contribution in [1.82, 2.24) is 5.01 Å². The summed E-state index contributed by atoms with van der Waals surface area (Å²) in [7, 11) is 0. The molecule has 1 rings (SSSR count). The van der Waals surface area contributed by atoms with E-state index in [-0.39, 0.29) is 11.5 Å². The third kappa shape index (κ3) is 1.82. The average molecular weight is 199 g/mol. The fourth-order valence-electron chi connectivity index (χ4n) is 2.01. The van der Waals surface area contributed by atoms with E-state index in [1.165, 1.54) is 0 Å². The molecule has 0 aromatic carbocycles. The van der Waals surface area contributed by atoms with Crippen molar-refractivity contribution < 1.29 is 0 Å². The van der Waals surface area contributed by atoms with Crippen LogP contribution >= 0.6 is 12.2 Å². The van der Waals surface area contributed by atoms with E-state index in [9.17, 15) is 0 Å². The summed E-state index contributed by atoms with van der Waals surface area (Å²) < 4.78 is 0. The second-order valence-corrected chi connectivity index (χ2v) is 4.86. The van der Waals surface area contributed by atoms with Gasteiger partial charge in [-0.1, -0.05) is 27.7 Å². The van der Waals surface area contributed by atoms with Crippen LogP contribution in [0.15, 0.2) is 5.10 Å². The number of nitrogens with two attached hydrogens (primary N) is 1. The molecule has 74 valence electrons. The van der Waals surface area contributed by atoms with Crippen LogP contribution in [0.2, 0.25) is 0 Å². The summed E-state index contributed by atoms with van der Waals surface area (Å²) in [6.07, 6.45) is 1.93. The Morgan fingerprint density at radius 2 is 2.15 bits per heavy atom. The Bertz CT molecular complexity index is 245. The van der Waals surface area contributed by atoms with Crippen LogP contribution in [0, 0.1) is 11.3 Å². The van der Waals surface area contributed by atoms with Crippen molar-refractivity contribution in [2.24, 2.45) is 22.2 Å². The molecular weight excluding hydrogens is 182 g/mol. The van der Waals surface area contributed by atoms with E-state index in [2.05, 4.69) is 32.8 Å². The van der Waals surface area contributed by atoms with Crippen molar-refractivity contribution in [3.63, 3.8) is 0 Å². The van der Waals surface area contributed by atoms with Gasteiger partial charge in [-0.15, -0.1) is 0 Å². The van der Waals surface area contributed by atoms with Crippen molar-refractivity contribution in [2.75, 3.05) is 0 Å². The topological polar surface area (TPSA) is 41.6 Å². The van der Waals surface area contributed by atoms with Crippen molar-refractivity contribution in [3.8, 4) is 0 Å². The molecule has 0 aromatic rings. The van der Waals surface area contributed by atoms with Gasteiger partial charge < -0.3 is 5.73 Å². The number of hydrazone groups is 1. The van der Waals surface area contributed by atoms with Crippen molar-refractivity contribution in [3.05, 3.63) is 0 Å². The monoisotopic (exact) mass is 199 g/mol. The van der Waals surface area contributed by atoms with Crippen LogP contribution in [0.4, 0.5) is 0 Å². The minimum absolute atomic E-state index is 0.0532. The molecule has 1 heterocycles. The van der Waals surface area contributed by atoms with Gasteiger partial charge in [0.2, 0.25) is 0 Å². The molecule has 0 unspecified atom stereocenters. The average Bonchev–Trinajstić information content (AvgIpc) is 2.24. The summed E-state index contributed by atoms with van der Waals surface area (Å²) in [5.74, 6) is 0.485. The Hall–Kier alpha value is -0.640. The van der Waals surface area contributed by atoms with Gasteiger partial charge in [0.15, 0.2) is 5.11 Å². The lowest BCUT2D eigenvalue weighted by Gasteiger charge is -2.33. The first kappa shape index (κ1) is 10.4. The molecule has 0 aliphatic carbocycles. The Balaban J connectivity index is 2.92. The summed E-state index contributed by atoms with van der Waals surface area (Å²) in [5.41, 5.74) is 5.64. The van der Waals surface area contributed by atoms with E-state index < -0.39 is 0 Å². The van der Waals surface area contributed by atoms with Gasteiger partial charge in [0.25, 0.3) is 0 Å². The van der Waals surface area contributed by atoms with E-state index in [0.29, 0.717) is 11.0 Å². The van der Waals surface area contributed by atoms with E-state index in [0.717, 1.165) is 0 Å². The zero-order valence-electron chi connectivity index (χ0n) is 8.61. The number of hydrogen-bond acceptors (Lipinski definition) is 2. The van der Waals surface area contributed by atoms with Gasteiger partial charge in [-0.2, -0.15) is 5.10 Å². The van der Waals surface area contributed by atoms with Crippen molar-refractivity contribution >= 4 is 23.5 Å². The fourth-order valence-corrected chi connectivity index (χ4v) is 2.17. The maximum atomic E-state index is 5.59. The van der Waals surface area contributed by atoms with Gasteiger partial charge in [0.05, 0.1) is 6.04 Å².